The second-order valence-electron chi connectivity index (χ2n) is 5.65. The second kappa shape index (κ2) is 6.52. The number of nitrogens with zero attached hydrogens (tertiary/aromatic N) is 1. The van der Waals surface area contributed by atoms with Gasteiger partial charge in [0.15, 0.2) is 5.69 Å². The molecule has 0 fully saturated rings. The minimum absolute atomic E-state index is 0.218. The number of H-pyrrole nitrogens is 2. The molecule has 7 heteroatoms. The molecule has 3 heterocycles. The van der Waals surface area contributed by atoms with Gasteiger partial charge in [0.2, 0.25) is 0 Å². The Morgan fingerprint density at radius 2 is 2.20 bits per heavy atom. The maximum absolute atomic E-state index is 13.2. The number of amides is 1. The van der Waals surface area contributed by atoms with Gasteiger partial charge >= 0.3 is 0 Å². The number of rotatable bonds is 5. The Morgan fingerprint density at radius 1 is 1.28 bits per heavy atom. The van der Waals surface area contributed by atoms with Gasteiger partial charge in [-0.25, -0.2) is 4.39 Å². The van der Waals surface area contributed by atoms with Crippen LogP contribution in [-0.2, 0) is 6.42 Å². The highest BCUT2D eigenvalue weighted by Gasteiger charge is 2.12. The smallest absolute Gasteiger partial charge is 0.271 e. The Labute approximate surface area is 146 Å². The number of carbonyl (C=O) groups excluding carboxylic acids is 1. The van der Waals surface area contributed by atoms with Crippen LogP contribution in [0.3, 0.4) is 0 Å². The van der Waals surface area contributed by atoms with Crippen molar-refractivity contribution in [3.63, 3.8) is 0 Å². The van der Waals surface area contributed by atoms with Gasteiger partial charge < -0.3 is 10.3 Å². The average molecular weight is 354 g/mol. The van der Waals surface area contributed by atoms with E-state index in [9.17, 15) is 9.18 Å². The first-order chi connectivity index (χ1) is 12.2. The van der Waals surface area contributed by atoms with Crippen molar-refractivity contribution >= 4 is 28.1 Å². The first-order valence-electron chi connectivity index (χ1n) is 7.84. The van der Waals surface area contributed by atoms with E-state index in [1.807, 2.05) is 23.7 Å². The molecule has 1 aromatic carbocycles. The minimum Gasteiger partial charge on any atom is -0.361 e. The summed E-state index contributed by atoms with van der Waals surface area (Å²) >= 11 is 1.59. The van der Waals surface area contributed by atoms with Crippen LogP contribution in [0.5, 0.6) is 0 Å². The molecule has 0 spiro atoms. The summed E-state index contributed by atoms with van der Waals surface area (Å²) in [6, 6.07) is 10.3. The maximum Gasteiger partial charge on any atom is 0.271 e. The van der Waals surface area contributed by atoms with Crippen LogP contribution in [0.4, 0.5) is 4.39 Å². The van der Waals surface area contributed by atoms with E-state index in [-0.39, 0.29) is 11.7 Å². The van der Waals surface area contributed by atoms with Gasteiger partial charge in [0.05, 0.1) is 10.6 Å². The zero-order chi connectivity index (χ0) is 17.2. The lowest BCUT2D eigenvalue weighted by atomic mass is 10.1. The van der Waals surface area contributed by atoms with Crippen molar-refractivity contribution in [3.8, 4) is 10.6 Å². The highest BCUT2D eigenvalue weighted by Crippen LogP contribution is 2.23. The van der Waals surface area contributed by atoms with Gasteiger partial charge in [0, 0.05) is 23.6 Å². The molecule has 0 bridgehead atoms. The summed E-state index contributed by atoms with van der Waals surface area (Å²) in [4.78, 5) is 16.3. The molecule has 25 heavy (non-hydrogen) atoms. The van der Waals surface area contributed by atoms with Gasteiger partial charge in [-0.15, -0.1) is 11.3 Å². The fraction of sp³-hybridized carbons (Fsp3) is 0.111. The van der Waals surface area contributed by atoms with E-state index in [2.05, 4.69) is 20.5 Å². The zero-order valence-electron chi connectivity index (χ0n) is 13.2. The molecule has 4 rings (SSSR count). The predicted molar refractivity (Wildman–Crippen MR) is 96.2 cm³/mol. The number of nitrogens with one attached hydrogen (secondary N) is 3. The summed E-state index contributed by atoms with van der Waals surface area (Å²) in [6.07, 6.45) is 2.50. The molecule has 3 aromatic heterocycles. The Balaban J connectivity index is 1.39. The molecule has 0 aliphatic heterocycles. The van der Waals surface area contributed by atoms with E-state index in [0.29, 0.717) is 18.7 Å². The first kappa shape index (κ1) is 15.6. The van der Waals surface area contributed by atoms with E-state index in [1.54, 1.807) is 23.5 Å². The number of hydrogen-bond donors (Lipinski definition) is 3. The van der Waals surface area contributed by atoms with Gasteiger partial charge in [0.25, 0.3) is 5.91 Å². The molecule has 0 saturated heterocycles. The van der Waals surface area contributed by atoms with Gasteiger partial charge in [-0.05, 0) is 47.7 Å². The van der Waals surface area contributed by atoms with Crippen molar-refractivity contribution in [1.82, 2.24) is 20.5 Å². The number of thiophene rings is 1. The third kappa shape index (κ3) is 3.18. The molecule has 1 amide bonds. The number of aromatic amines is 2. The topological polar surface area (TPSA) is 73.6 Å². The molecule has 3 N–H and O–H groups in total. The largest absolute Gasteiger partial charge is 0.361 e. The van der Waals surface area contributed by atoms with Crippen LogP contribution >= 0.6 is 11.3 Å². The lowest BCUT2D eigenvalue weighted by Crippen LogP contribution is -2.25. The molecule has 0 atom stereocenters. The summed E-state index contributed by atoms with van der Waals surface area (Å²) < 4.78 is 13.2. The second-order valence-corrected chi connectivity index (χ2v) is 6.60. The lowest BCUT2D eigenvalue weighted by Gasteiger charge is -2.02. The first-order valence-corrected chi connectivity index (χ1v) is 8.71. The van der Waals surface area contributed by atoms with Crippen LogP contribution in [-0.4, -0.2) is 27.6 Å². The molecule has 126 valence electrons. The van der Waals surface area contributed by atoms with Gasteiger partial charge in [-0.1, -0.05) is 6.07 Å². The van der Waals surface area contributed by atoms with Crippen molar-refractivity contribution in [1.29, 1.82) is 0 Å². The number of benzene rings is 1. The van der Waals surface area contributed by atoms with Crippen LogP contribution < -0.4 is 5.32 Å². The molecule has 0 aliphatic rings. The van der Waals surface area contributed by atoms with Crippen molar-refractivity contribution in [2.45, 2.75) is 6.42 Å². The summed E-state index contributed by atoms with van der Waals surface area (Å²) in [5.41, 5.74) is 2.99. The zero-order valence-corrected chi connectivity index (χ0v) is 14.0. The highest BCUT2D eigenvalue weighted by molar-refractivity contribution is 7.13. The average Bonchev–Trinajstić information content (AvgIpc) is 3.35. The third-order valence-corrected chi connectivity index (χ3v) is 4.91. The van der Waals surface area contributed by atoms with Crippen LogP contribution in [0, 0.1) is 5.82 Å². The van der Waals surface area contributed by atoms with Crippen LogP contribution in [0.2, 0.25) is 0 Å². The van der Waals surface area contributed by atoms with E-state index < -0.39 is 0 Å². The Hall–Kier alpha value is -2.93. The van der Waals surface area contributed by atoms with Crippen molar-refractivity contribution in [3.05, 3.63) is 65.0 Å². The lowest BCUT2D eigenvalue weighted by molar-refractivity contribution is 0.0949. The van der Waals surface area contributed by atoms with Gasteiger partial charge in [-0.2, -0.15) is 5.10 Å². The molecule has 0 saturated carbocycles. The Bertz CT molecular complexity index is 1020. The molecule has 0 radical (unpaired) electrons. The normalized spacial score (nSPS) is 11.1. The fourth-order valence-corrected chi connectivity index (χ4v) is 3.46. The number of fused-ring (bicyclic) bond motifs is 1. The predicted octanol–water partition coefficient (Wildman–Crippen LogP) is 3.73. The number of hydrogen-bond acceptors (Lipinski definition) is 3. The monoisotopic (exact) mass is 354 g/mol. The summed E-state index contributed by atoms with van der Waals surface area (Å²) in [7, 11) is 0. The van der Waals surface area contributed by atoms with Gasteiger partial charge in [0.1, 0.15) is 5.82 Å². The molecular weight excluding hydrogens is 339 g/mol. The van der Waals surface area contributed by atoms with Crippen molar-refractivity contribution < 1.29 is 9.18 Å². The quantitative estimate of drug-likeness (QED) is 0.511. The minimum atomic E-state index is -0.269. The number of aromatic nitrogens is 3. The SMILES string of the molecule is O=C(NCCc1c[nH]c2cc(F)ccc12)c1cc(-c2cccs2)[nH]n1. The summed E-state index contributed by atoms with van der Waals surface area (Å²) in [6.45, 7) is 0.477. The summed E-state index contributed by atoms with van der Waals surface area (Å²) in [5.74, 6) is -0.487. The number of carbonyl (C=O) groups is 1. The van der Waals surface area contributed by atoms with Crippen LogP contribution in [0.25, 0.3) is 21.5 Å². The third-order valence-electron chi connectivity index (χ3n) is 4.01. The highest BCUT2D eigenvalue weighted by atomic mass is 32.1. The van der Waals surface area contributed by atoms with E-state index in [0.717, 1.165) is 27.0 Å². The van der Waals surface area contributed by atoms with Crippen molar-refractivity contribution in [2.24, 2.45) is 0 Å². The molecule has 0 unspecified atom stereocenters. The van der Waals surface area contributed by atoms with E-state index in [4.69, 9.17) is 0 Å². The van der Waals surface area contributed by atoms with Gasteiger partial charge in [-0.3, -0.25) is 9.89 Å². The molecule has 4 aromatic rings. The van der Waals surface area contributed by atoms with Crippen LogP contribution in [0.15, 0.2) is 48.0 Å². The standard InChI is InChI=1S/C18H15FN4OS/c19-12-3-4-13-11(10-21-14(13)8-12)5-6-20-18(24)16-9-15(22-23-16)17-2-1-7-25-17/h1-4,7-10,21H,5-6H2,(H,20,24)(H,22,23). The molecule has 0 aliphatic carbocycles. The van der Waals surface area contributed by atoms with E-state index >= 15 is 0 Å². The Kier molecular flexibility index (Phi) is 4.07. The summed E-state index contributed by atoms with van der Waals surface area (Å²) in [5, 5.41) is 12.8. The maximum atomic E-state index is 13.2. The fourth-order valence-electron chi connectivity index (χ4n) is 2.76. The Morgan fingerprint density at radius 3 is 3.04 bits per heavy atom. The van der Waals surface area contributed by atoms with Crippen molar-refractivity contribution in [2.75, 3.05) is 6.54 Å². The molecule has 5 nitrogen and oxygen atoms in total. The van der Waals surface area contributed by atoms with E-state index in [1.165, 1.54) is 12.1 Å². The van der Waals surface area contributed by atoms with Crippen LogP contribution in [0.1, 0.15) is 16.1 Å². The number of halogens is 1. The molecular formula is C18H15FN4OS.